The number of amides is 1. The monoisotopic (exact) mass is 254 g/mol. The Morgan fingerprint density at radius 1 is 1.28 bits per heavy atom. The second-order valence-electron chi connectivity index (χ2n) is 5.84. The zero-order valence-electron chi connectivity index (χ0n) is 11.8. The molecule has 18 heavy (non-hydrogen) atoms. The molecule has 1 saturated carbocycles. The summed E-state index contributed by atoms with van der Waals surface area (Å²) < 4.78 is 5.79. The average Bonchev–Trinajstić information content (AvgIpc) is 2.49. The van der Waals surface area contributed by atoms with Crippen LogP contribution in [0, 0.1) is 11.8 Å². The molecule has 2 fully saturated rings. The van der Waals surface area contributed by atoms with Gasteiger partial charge in [-0.2, -0.15) is 0 Å². The molecule has 0 bridgehead atoms. The molecule has 1 aliphatic carbocycles. The van der Waals surface area contributed by atoms with Gasteiger partial charge >= 0.3 is 0 Å². The Hall–Kier alpha value is -0.610. The lowest BCUT2D eigenvalue weighted by atomic mass is 9.85. The first-order valence-corrected chi connectivity index (χ1v) is 7.22. The van der Waals surface area contributed by atoms with Crippen LogP contribution < -0.4 is 5.73 Å². The SMILES string of the molecule is CC1OC(C)C(C(=O)N(CCN)C2CCC2)C1C. The molecule has 2 rings (SSSR count). The Labute approximate surface area is 110 Å². The third-order valence-electron chi connectivity index (χ3n) is 4.70. The normalized spacial score (nSPS) is 36.4. The van der Waals surface area contributed by atoms with Crippen LogP contribution in [0.2, 0.25) is 0 Å². The van der Waals surface area contributed by atoms with E-state index in [1.165, 1.54) is 6.42 Å². The van der Waals surface area contributed by atoms with E-state index in [1.54, 1.807) is 0 Å². The van der Waals surface area contributed by atoms with Crippen molar-refractivity contribution < 1.29 is 9.53 Å². The fraction of sp³-hybridized carbons (Fsp3) is 0.929. The Morgan fingerprint density at radius 2 is 1.94 bits per heavy atom. The quantitative estimate of drug-likeness (QED) is 0.824. The molecule has 1 heterocycles. The molecule has 0 aromatic rings. The smallest absolute Gasteiger partial charge is 0.228 e. The minimum atomic E-state index is 0.00662. The van der Waals surface area contributed by atoms with Crippen LogP contribution in [0.5, 0.6) is 0 Å². The van der Waals surface area contributed by atoms with Crippen LogP contribution in [0.4, 0.5) is 0 Å². The van der Waals surface area contributed by atoms with Crippen molar-refractivity contribution in [1.82, 2.24) is 4.90 Å². The van der Waals surface area contributed by atoms with Crippen molar-refractivity contribution in [1.29, 1.82) is 0 Å². The van der Waals surface area contributed by atoms with E-state index < -0.39 is 0 Å². The summed E-state index contributed by atoms with van der Waals surface area (Å²) in [5.41, 5.74) is 5.65. The third-order valence-corrected chi connectivity index (χ3v) is 4.70. The summed E-state index contributed by atoms with van der Waals surface area (Å²) in [6, 6.07) is 0.427. The molecular formula is C14H26N2O2. The highest BCUT2D eigenvalue weighted by Gasteiger charge is 2.44. The first-order valence-electron chi connectivity index (χ1n) is 7.22. The minimum absolute atomic E-state index is 0.00662. The third kappa shape index (κ3) is 2.41. The summed E-state index contributed by atoms with van der Waals surface area (Å²) >= 11 is 0. The van der Waals surface area contributed by atoms with Crippen LogP contribution in [0.25, 0.3) is 0 Å². The lowest BCUT2D eigenvalue weighted by Crippen LogP contribution is -2.50. The summed E-state index contributed by atoms with van der Waals surface area (Å²) in [6.45, 7) is 7.44. The largest absolute Gasteiger partial charge is 0.374 e. The van der Waals surface area contributed by atoms with Crippen molar-refractivity contribution in [3.63, 3.8) is 0 Å². The van der Waals surface area contributed by atoms with Gasteiger partial charge in [0, 0.05) is 19.1 Å². The van der Waals surface area contributed by atoms with Crippen molar-refractivity contribution in [3.8, 4) is 0 Å². The van der Waals surface area contributed by atoms with Gasteiger partial charge in [0.1, 0.15) is 0 Å². The number of ether oxygens (including phenoxy) is 1. The Bertz CT molecular complexity index is 304. The number of nitrogens with two attached hydrogens (primary N) is 1. The lowest BCUT2D eigenvalue weighted by Gasteiger charge is -2.39. The second kappa shape index (κ2) is 5.57. The van der Waals surface area contributed by atoms with E-state index in [2.05, 4.69) is 13.8 Å². The molecule has 4 unspecified atom stereocenters. The molecule has 0 aromatic carbocycles. The Kier molecular flexibility index (Phi) is 4.28. The molecule has 4 nitrogen and oxygen atoms in total. The zero-order chi connectivity index (χ0) is 13.3. The highest BCUT2D eigenvalue weighted by atomic mass is 16.5. The minimum Gasteiger partial charge on any atom is -0.374 e. The first-order chi connectivity index (χ1) is 8.56. The molecule has 0 aromatic heterocycles. The molecule has 4 atom stereocenters. The predicted octanol–water partition coefficient (Wildman–Crippen LogP) is 1.39. The summed E-state index contributed by atoms with van der Waals surface area (Å²) in [5, 5.41) is 0. The van der Waals surface area contributed by atoms with E-state index in [4.69, 9.17) is 10.5 Å². The van der Waals surface area contributed by atoms with Crippen LogP contribution >= 0.6 is 0 Å². The van der Waals surface area contributed by atoms with Crippen LogP contribution in [0.3, 0.4) is 0 Å². The Morgan fingerprint density at radius 3 is 2.33 bits per heavy atom. The molecule has 4 heteroatoms. The van der Waals surface area contributed by atoms with Crippen LogP contribution in [0.15, 0.2) is 0 Å². The average molecular weight is 254 g/mol. The molecule has 1 aliphatic heterocycles. The van der Waals surface area contributed by atoms with E-state index in [9.17, 15) is 4.79 Å². The molecule has 1 amide bonds. The zero-order valence-corrected chi connectivity index (χ0v) is 11.8. The van der Waals surface area contributed by atoms with E-state index in [-0.39, 0.29) is 24.0 Å². The van der Waals surface area contributed by atoms with Crippen LogP contribution in [-0.2, 0) is 9.53 Å². The molecule has 0 spiro atoms. The fourth-order valence-electron chi connectivity index (χ4n) is 3.19. The first kappa shape index (κ1) is 13.8. The topological polar surface area (TPSA) is 55.6 Å². The number of hydrogen-bond donors (Lipinski definition) is 1. The van der Waals surface area contributed by atoms with Gasteiger partial charge in [-0.3, -0.25) is 4.79 Å². The van der Waals surface area contributed by atoms with Crippen molar-refractivity contribution in [2.24, 2.45) is 17.6 Å². The molecule has 2 N–H and O–H groups in total. The maximum Gasteiger partial charge on any atom is 0.228 e. The fourth-order valence-corrected chi connectivity index (χ4v) is 3.19. The van der Waals surface area contributed by atoms with E-state index in [1.807, 2.05) is 11.8 Å². The van der Waals surface area contributed by atoms with Gasteiger partial charge in [0.2, 0.25) is 5.91 Å². The predicted molar refractivity (Wildman–Crippen MR) is 71.1 cm³/mol. The van der Waals surface area contributed by atoms with Crippen molar-refractivity contribution in [3.05, 3.63) is 0 Å². The molecule has 104 valence electrons. The lowest BCUT2D eigenvalue weighted by molar-refractivity contribution is -0.142. The van der Waals surface area contributed by atoms with Crippen LogP contribution in [0.1, 0.15) is 40.0 Å². The molecule has 0 radical (unpaired) electrons. The standard InChI is InChI=1S/C14H26N2O2/c1-9-10(2)18-11(3)13(9)14(17)16(8-7-15)12-5-4-6-12/h9-13H,4-8,15H2,1-3H3. The number of rotatable bonds is 4. The highest BCUT2D eigenvalue weighted by molar-refractivity contribution is 5.80. The van der Waals surface area contributed by atoms with Gasteiger partial charge in [0.25, 0.3) is 0 Å². The second-order valence-corrected chi connectivity index (χ2v) is 5.84. The molecule has 2 aliphatic rings. The number of carbonyl (C=O) groups is 1. The number of nitrogens with zero attached hydrogens (tertiary/aromatic N) is 1. The summed E-state index contributed by atoms with van der Waals surface area (Å²) in [4.78, 5) is 14.7. The Balaban J connectivity index is 2.07. The van der Waals surface area contributed by atoms with Crippen LogP contribution in [-0.4, -0.2) is 42.1 Å². The summed E-state index contributed by atoms with van der Waals surface area (Å²) in [6.07, 6.45) is 3.72. The maximum absolute atomic E-state index is 12.7. The summed E-state index contributed by atoms with van der Waals surface area (Å²) in [5.74, 6) is 0.564. The summed E-state index contributed by atoms with van der Waals surface area (Å²) in [7, 11) is 0. The highest BCUT2D eigenvalue weighted by Crippen LogP contribution is 2.35. The molecular weight excluding hydrogens is 228 g/mol. The van der Waals surface area contributed by atoms with Gasteiger partial charge in [0.15, 0.2) is 0 Å². The van der Waals surface area contributed by atoms with E-state index >= 15 is 0 Å². The van der Waals surface area contributed by atoms with E-state index in [0.29, 0.717) is 25.0 Å². The van der Waals surface area contributed by atoms with Crippen molar-refractivity contribution >= 4 is 5.91 Å². The number of hydrogen-bond acceptors (Lipinski definition) is 3. The molecule has 1 saturated heterocycles. The van der Waals surface area contributed by atoms with Gasteiger partial charge in [0.05, 0.1) is 18.1 Å². The van der Waals surface area contributed by atoms with Crippen molar-refractivity contribution in [2.45, 2.75) is 58.3 Å². The van der Waals surface area contributed by atoms with Crippen molar-refractivity contribution in [2.75, 3.05) is 13.1 Å². The maximum atomic E-state index is 12.7. The van der Waals surface area contributed by atoms with Gasteiger partial charge in [-0.15, -0.1) is 0 Å². The van der Waals surface area contributed by atoms with E-state index in [0.717, 1.165) is 12.8 Å². The number of carbonyl (C=O) groups excluding carboxylic acids is 1. The van der Waals surface area contributed by atoms with Gasteiger partial charge < -0.3 is 15.4 Å². The van der Waals surface area contributed by atoms with Gasteiger partial charge in [-0.05, 0) is 39.0 Å². The van der Waals surface area contributed by atoms with Gasteiger partial charge in [-0.1, -0.05) is 6.92 Å². The van der Waals surface area contributed by atoms with Gasteiger partial charge in [-0.25, -0.2) is 0 Å².